The monoisotopic (exact) mass is 220 g/mol. The molecule has 0 atom stereocenters. The van der Waals surface area contributed by atoms with Crippen LogP contribution in [0.5, 0.6) is 0 Å². The summed E-state index contributed by atoms with van der Waals surface area (Å²) in [6.45, 7) is 7.08. The SMILES string of the molecule is CC(=O)c1c(C)cc(C)c(CC(=O)O)c1C. The molecule has 0 heterocycles. The van der Waals surface area contributed by atoms with Crippen molar-refractivity contribution in [2.24, 2.45) is 0 Å². The molecule has 86 valence electrons. The molecule has 0 aliphatic carbocycles. The maximum absolute atomic E-state index is 11.5. The molecular formula is C13H16O3. The van der Waals surface area contributed by atoms with Crippen LogP contribution in [-0.4, -0.2) is 16.9 Å². The van der Waals surface area contributed by atoms with Gasteiger partial charge in [0.25, 0.3) is 0 Å². The number of hydrogen-bond acceptors (Lipinski definition) is 2. The van der Waals surface area contributed by atoms with Crippen molar-refractivity contribution in [1.29, 1.82) is 0 Å². The minimum Gasteiger partial charge on any atom is -0.481 e. The van der Waals surface area contributed by atoms with Gasteiger partial charge in [0.15, 0.2) is 5.78 Å². The van der Waals surface area contributed by atoms with Gasteiger partial charge in [0, 0.05) is 5.56 Å². The van der Waals surface area contributed by atoms with Crippen LogP contribution in [0.15, 0.2) is 6.07 Å². The van der Waals surface area contributed by atoms with Gasteiger partial charge in [-0.3, -0.25) is 9.59 Å². The van der Waals surface area contributed by atoms with Crippen LogP contribution in [-0.2, 0) is 11.2 Å². The molecule has 0 aromatic heterocycles. The number of aryl methyl sites for hydroxylation is 2. The Labute approximate surface area is 95.1 Å². The molecule has 3 heteroatoms. The summed E-state index contributed by atoms with van der Waals surface area (Å²) in [6, 6.07) is 1.88. The molecule has 0 aliphatic rings. The lowest BCUT2D eigenvalue weighted by Crippen LogP contribution is -2.09. The predicted octanol–water partition coefficient (Wildman–Crippen LogP) is 2.44. The highest BCUT2D eigenvalue weighted by molar-refractivity contribution is 5.97. The van der Waals surface area contributed by atoms with Crippen molar-refractivity contribution >= 4 is 11.8 Å². The van der Waals surface area contributed by atoms with Gasteiger partial charge in [-0.25, -0.2) is 0 Å². The second kappa shape index (κ2) is 4.47. The lowest BCUT2D eigenvalue weighted by Gasteiger charge is -2.14. The molecule has 0 fully saturated rings. The molecule has 0 aliphatic heterocycles. The first-order valence-electron chi connectivity index (χ1n) is 5.17. The van der Waals surface area contributed by atoms with E-state index < -0.39 is 5.97 Å². The highest BCUT2D eigenvalue weighted by Crippen LogP contribution is 2.23. The molecule has 0 saturated carbocycles. The summed E-state index contributed by atoms with van der Waals surface area (Å²) in [5.41, 5.74) is 4.05. The van der Waals surface area contributed by atoms with Gasteiger partial charge >= 0.3 is 5.97 Å². The lowest BCUT2D eigenvalue weighted by molar-refractivity contribution is -0.136. The summed E-state index contributed by atoms with van der Waals surface area (Å²) >= 11 is 0. The van der Waals surface area contributed by atoms with Gasteiger partial charge in [-0.15, -0.1) is 0 Å². The molecule has 16 heavy (non-hydrogen) atoms. The third kappa shape index (κ3) is 2.30. The molecule has 0 saturated heterocycles. The number of carbonyl (C=O) groups is 2. The van der Waals surface area contributed by atoms with Crippen LogP contribution in [0.2, 0.25) is 0 Å². The highest BCUT2D eigenvalue weighted by Gasteiger charge is 2.15. The quantitative estimate of drug-likeness (QED) is 0.796. The molecule has 1 N–H and O–H groups in total. The molecule has 0 spiro atoms. The number of aliphatic carboxylic acids is 1. The number of Topliss-reactive ketones (excluding diaryl/α,β-unsaturated/α-hetero) is 1. The maximum Gasteiger partial charge on any atom is 0.307 e. The number of carboxylic acid groups (broad SMARTS) is 1. The Bertz CT molecular complexity index is 459. The largest absolute Gasteiger partial charge is 0.481 e. The van der Waals surface area contributed by atoms with Gasteiger partial charge in [0.1, 0.15) is 0 Å². The van der Waals surface area contributed by atoms with Crippen molar-refractivity contribution in [1.82, 2.24) is 0 Å². The Hall–Kier alpha value is -1.64. The molecular weight excluding hydrogens is 204 g/mol. The molecule has 0 amide bonds. The summed E-state index contributed by atoms with van der Waals surface area (Å²) in [4.78, 5) is 22.2. The number of hydrogen-bond donors (Lipinski definition) is 1. The fourth-order valence-corrected chi connectivity index (χ4v) is 2.19. The van der Waals surface area contributed by atoms with Crippen molar-refractivity contribution < 1.29 is 14.7 Å². The van der Waals surface area contributed by atoms with Crippen LogP contribution in [0.25, 0.3) is 0 Å². The summed E-state index contributed by atoms with van der Waals surface area (Å²) in [6.07, 6.45) is -0.0295. The molecule has 1 aromatic carbocycles. The van der Waals surface area contributed by atoms with Crippen molar-refractivity contribution in [3.05, 3.63) is 33.9 Å². The zero-order valence-electron chi connectivity index (χ0n) is 10.0. The van der Waals surface area contributed by atoms with Crippen LogP contribution < -0.4 is 0 Å². The summed E-state index contributed by atoms with van der Waals surface area (Å²) in [7, 11) is 0. The maximum atomic E-state index is 11.5. The molecule has 1 aromatic rings. The van der Waals surface area contributed by atoms with E-state index in [1.807, 2.05) is 26.8 Å². The first-order chi connectivity index (χ1) is 7.34. The van der Waals surface area contributed by atoms with Gasteiger partial charge in [-0.2, -0.15) is 0 Å². The molecule has 3 nitrogen and oxygen atoms in total. The number of carbonyl (C=O) groups excluding carboxylic acids is 1. The Morgan fingerprint density at radius 2 is 1.75 bits per heavy atom. The van der Waals surface area contributed by atoms with Gasteiger partial charge in [0.05, 0.1) is 6.42 Å². The van der Waals surface area contributed by atoms with Crippen LogP contribution in [0.3, 0.4) is 0 Å². The third-order valence-corrected chi connectivity index (χ3v) is 2.81. The average molecular weight is 220 g/mol. The standard InChI is InChI=1S/C13H16O3/c1-7-5-8(2)13(10(4)14)9(3)11(7)6-12(15)16/h5H,6H2,1-4H3,(H,15,16). The smallest absolute Gasteiger partial charge is 0.307 e. The van der Waals surface area contributed by atoms with Crippen molar-refractivity contribution in [2.75, 3.05) is 0 Å². The van der Waals surface area contributed by atoms with Gasteiger partial charge in [-0.1, -0.05) is 6.07 Å². The van der Waals surface area contributed by atoms with E-state index in [0.717, 1.165) is 22.3 Å². The van der Waals surface area contributed by atoms with Crippen molar-refractivity contribution in [3.8, 4) is 0 Å². The third-order valence-electron chi connectivity index (χ3n) is 2.81. The van der Waals surface area contributed by atoms with E-state index >= 15 is 0 Å². The lowest BCUT2D eigenvalue weighted by atomic mass is 9.90. The van der Waals surface area contributed by atoms with Crippen molar-refractivity contribution in [3.63, 3.8) is 0 Å². The van der Waals surface area contributed by atoms with Gasteiger partial charge in [-0.05, 0) is 49.9 Å². The van der Waals surface area contributed by atoms with E-state index in [1.54, 1.807) is 0 Å². The average Bonchev–Trinajstić information content (AvgIpc) is 2.10. The molecule has 1 rings (SSSR count). The Morgan fingerprint density at radius 3 is 2.19 bits per heavy atom. The van der Waals surface area contributed by atoms with Crippen LogP contribution in [0.4, 0.5) is 0 Å². The number of benzene rings is 1. The summed E-state index contributed by atoms with van der Waals surface area (Å²) in [5, 5.41) is 8.83. The van der Waals surface area contributed by atoms with E-state index in [-0.39, 0.29) is 12.2 Å². The zero-order valence-corrected chi connectivity index (χ0v) is 10.0. The Balaban J connectivity index is 3.44. The number of ketones is 1. The summed E-state index contributed by atoms with van der Waals surface area (Å²) < 4.78 is 0. The van der Waals surface area contributed by atoms with E-state index in [0.29, 0.717) is 5.56 Å². The predicted molar refractivity (Wildman–Crippen MR) is 62.0 cm³/mol. The topological polar surface area (TPSA) is 54.4 Å². The van der Waals surface area contributed by atoms with E-state index in [4.69, 9.17) is 5.11 Å². The molecule has 0 radical (unpaired) electrons. The zero-order chi connectivity index (χ0) is 12.5. The molecule has 0 unspecified atom stereocenters. The fourth-order valence-electron chi connectivity index (χ4n) is 2.19. The first kappa shape index (κ1) is 12.4. The second-order valence-electron chi connectivity index (χ2n) is 4.12. The Kier molecular flexibility index (Phi) is 3.48. The van der Waals surface area contributed by atoms with Crippen LogP contribution in [0.1, 0.15) is 39.5 Å². The van der Waals surface area contributed by atoms with E-state index in [2.05, 4.69) is 0 Å². The van der Waals surface area contributed by atoms with Gasteiger partial charge < -0.3 is 5.11 Å². The summed E-state index contributed by atoms with van der Waals surface area (Å²) in [5.74, 6) is -0.883. The number of carboxylic acids is 1. The first-order valence-corrected chi connectivity index (χ1v) is 5.17. The highest BCUT2D eigenvalue weighted by atomic mass is 16.4. The van der Waals surface area contributed by atoms with Crippen LogP contribution >= 0.6 is 0 Å². The number of rotatable bonds is 3. The second-order valence-corrected chi connectivity index (χ2v) is 4.12. The minimum atomic E-state index is -0.871. The Morgan fingerprint density at radius 1 is 1.19 bits per heavy atom. The normalized spacial score (nSPS) is 10.2. The van der Waals surface area contributed by atoms with Crippen molar-refractivity contribution in [2.45, 2.75) is 34.1 Å². The molecule has 0 bridgehead atoms. The van der Waals surface area contributed by atoms with E-state index in [9.17, 15) is 9.59 Å². The van der Waals surface area contributed by atoms with Gasteiger partial charge in [0.2, 0.25) is 0 Å². The fraction of sp³-hybridized carbons (Fsp3) is 0.385. The minimum absolute atomic E-state index is 0.0124. The van der Waals surface area contributed by atoms with Crippen LogP contribution in [0, 0.1) is 20.8 Å². The van der Waals surface area contributed by atoms with E-state index in [1.165, 1.54) is 6.92 Å².